The van der Waals surface area contributed by atoms with E-state index < -0.39 is 0 Å². The molecule has 0 saturated heterocycles. The van der Waals surface area contributed by atoms with Gasteiger partial charge in [-0.3, -0.25) is 0 Å². The van der Waals surface area contributed by atoms with Crippen LogP contribution in [0.25, 0.3) is 55.1 Å². The molecule has 286 valence electrons. The van der Waals surface area contributed by atoms with Crippen LogP contribution in [-0.2, 0) is 26.5 Å². The zero-order chi connectivity index (χ0) is 38.3. The summed E-state index contributed by atoms with van der Waals surface area (Å²) in [7, 11) is 0. The van der Waals surface area contributed by atoms with Gasteiger partial charge in [0, 0.05) is 72.1 Å². The van der Waals surface area contributed by atoms with Crippen molar-refractivity contribution in [2.45, 2.75) is 52.5 Å². The molecule has 0 amide bonds. The zero-order valence-corrected chi connectivity index (χ0v) is 35.1. The molecule has 0 unspecified atom stereocenters. The number of hydrogen-bond acceptors (Lipinski definition) is 4. The van der Waals surface area contributed by atoms with Gasteiger partial charge in [-0.15, -0.1) is 41.4 Å². The van der Waals surface area contributed by atoms with Gasteiger partial charge in [-0.25, -0.2) is 4.98 Å². The van der Waals surface area contributed by atoms with E-state index in [0.29, 0.717) is 11.5 Å². The van der Waals surface area contributed by atoms with E-state index in [4.69, 9.17) is 9.72 Å². The summed E-state index contributed by atoms with van der Waals surface area (Å²) in [5, 5.41) is 4.57. The number of rotatable bonds is 5. The zero-order valence-electron chi connectivity index (χ0n) is 32.8. The Labute approximate surface area is 348 Å². The molecule has 7 heteroatoms. The van der Waals surface area contributed by atoms with Crippen LogP contribution in [0, 0.1) is 18.8 Å². The molecule has 6 aromatic carbocycles. The van der Waals surface area contributed by atoms with Gasteiger partial charge in [-0.2, -0.15) is 18.8 Å². The Morgan fingerprint density at radius 2 is 1.33 bits per heavy atom. The summed E-state index contributed by atoms with van der Waals surface area (Å²) < 4.78 is 11.3. The molecular formula is C50H42N5OPt-3. The molecule has 0 N–H and O–H groups in total. The first-order valence-electron chi connectivity index (χ1n) is 19.2. The number of aromatic nitrogens is 3. The van der Waals surface area contributed by atoms with Crippen molar-refractivity contribution in [1.29, 1.82) is 0 Å². The van der Waals surface area contributed by atoms with Crippen LogP contribution in [0.3, 0.4) is 0 Å². The normalized spacial score (nSPS) is 13.2. The van der Waals surface area contributed by atoms with E-state index in [9.17, 15) is 0 Å². The number of nitrogens with zero attached hydrogens (tertiary/aromatic N) is 5. The molecule has 0 spiro atoms. The van der Waals surface area contributed by atoms with Crippen LogP contribution in [-0.4, -0.2) is 19.7 Å². The number of ether oxygens (including phenoxy) is 1. The summed E-state index contributed by atoms with van der Waals surface area (Å²) in [6, 6.07) is 54.1. The molecule has 0 fully saturated rings. The summed E-state index contributed by atoms with van der Waals surface area (Å²) >= 11 is 0. The summed E-state index contributed by atoms with van der Waals surface area (Å²) in [4.78, 5) is 9.53. The summed E-state index contributed by atoms with van der Waals surface area (Å²) in [5.41, 5.74) is 9.63. The predicted octanol–water partition coefficient (Wildman–Crippen LogP) is 12.8. The topological polar surface area (TPSA) is 38.5 Å². The van der Waals surface area contributed by atoms with E-state index in [1.54, 1.807) is 0 Å². The molecule has 1 aliphatic rings. The van der Waals surface area contributed by atoms with Crippen LogP contribution in [0.15, 0.2) is 140 Å². The smallest absolute Gasteiger partial charge is 0.135 e. The van der Waals surface area contributed by atoms with Gasteiger partial charge in [0.15, 0.2) is 0 Å². The van der Waals surface area contributed by atoms with Crippen LogP contribution >= 0.6 is 0 Å². The second-order valence-corrected chi connectivity index (χ2v) is 16.6. The number of benzene rings is 6. The van der Waals surface area contributed by atoms with Crippen molar-refractivity contribution in [2.75, 3.05) is 9.80 Å². The molecule has 4 heterocycles. The predicted molar refractivity (Wildman–Crippen MR) is 231 cm³/mol. The fraction of sp³-hybridized carbons (Fsp3) is 0.160. The third kappa shape index (κ3) is 6.09. The average molecular weight is 924 g/mol. The fourth-order valence-electron chi connectivity index (χ4n) is 8.20. The summed E-state index contributed by atoms with van der Waals surface area (Å²) in [6.45, 7) is 15.5. The largest absolute Gasteiger partial charge is 0.509 e. The van der Waals surface area contributed by atoms with E-state index >= 15 is 0 Å². The van der Waals surface area contributed by atoms with Crippen LogP contribution < -0.4 is 14.5 Å². The first kappa shape index (κ1) is 36.8. The van der Waals surface area contributed by atoms with Gasteiger partial charge in [0.1, 0.15) is 5.82 Å². The minimum Gasteiger partial charge on any atom is -0.509 e. The standard InChI is InChI=1S/C50H42N5O.Pt/c1-49(2,3)33-27-28-51-46(29-33)55-45-31-37(56-36-18-14-17-35(30-36)52-32-53(50(4,5)6)43-22-13-12-21-42(43)52)23-24-38(45)39-25-26-44-47(48(39)55)40-19-10-11-20-41(40)54(44)34-15-8-7-9-16-34;/h7-29,32H,1-6H3;/q-3;. The van der Waals surface area contributed by atoms with Crippen molar-refractivity contribution in [3.05, 3.63) is 164 Å². The molecule has 0 saturated carbocycles. The van der Waals surface area contributed by atoms with Gasteiger partial charge < -0.3 is 23.7 Å². The Balaban J connectivity index is 0.00000422. The van der Waals surface area contributed by atoms with E-state index in [-0.39, 0.29) is 32.0 Å². The molecule has 0 radical (unpaired) electrons. The number of anilines is 3. The minimum atomic E-state index is -0.0922. The Hall–Kier alpha value is -5.84. The number of para-hydroxylation sites is 4. The van der Waals surface area contributed by atoms with Gasteiger partial charge in [0.25, 0.3) is 0 Å². The molecule has 0 atom stereocenters. The van der Waals surface area contributed by atoms with E-state index in [1.165, 1.54) is 16.3 Å². The maximum atomic E-state index is 6.65. The molecule has 1 aliphatic heterocycles. The molecule has 9 aromatic rings. The molecular weight excluding hydrogens is 882 g/mol. The Morgan fingerprint density at radius 1 is 0.614 bits per heavy atom. The van der Waals surface area contributed by atoms with Crippen molar-refractivity contribution in [1.82, 2.24) is 14.1 Å². The van der Waals surface area contributed by atoms with Crippen LogP contribution in [0.1, 0.15) is 47.1 Å². The summed E-state index contributed by atoms with van der Waals surface area (Å²) in [6.07, 6.45) is 1.93. The fourth-order valence-corrected chi connectivity index (χ4v) is 8.20. The van der Waals surface area contributed by atoms with Gasteiger partial charge in [0.2, 0.25) is 0 Å². The second kappa shape index (κ2) is 13.7. The van der Waals surface area contributed by atoms with E-state index in [2.05, 4.69) is 195 Å². The van der Waals surface area contributed by atoms with Gasteiger partial charge in [0.05, 0.1) is 16.6 Å². The van der Waals surface area contributed by atoms with E-state index in [0.717, 1.165) is 61.4 Å². The molecule has 6 nitrogen and oxygen atoms in total. The van der Waals surface area contributed by atoms with Crippen molar-refractivity contribution in [3.8, 4) is 23.0 Å². The monoisotopic (exact) mass is 923 g/mol. The van der Waals surface area contributed by atoms with Crippen molar-refractivity contribution < 1.29 is 25.8 Å². The van der Waals surface area contributed by atoms with Crippen molar-refractivity contribution >= 4 is 60.7 Å². The third-order valence-electron chi connectivity index (χ3n) is 10.9. The maximum absolute atomic E-state index is 6.65. The molecule has 0 bridgehead atoms. The maximum Gasteiger partial charge on any atom is 0.135 e. The molecule has 3 aromatic heterocycles. The quantitative estimate of drug-likeness (QED) is 0.161. The van der Waals surface area contributed by atoms with Gasteiger partial charge >= 0.3 is 0 Å². The average Bonchev–Trinajstić information content (AvgIpc) is 3.86. The van der Waals surface area contributed by atoms with Crippen LogP contribution in [0.2, 0.25) is 0 Å². The summed E-state index contributed by atoms with van der Waals surface area (Å²) in [5.74, 6) is 2.06. The first-order valence-corrected chi connectivity index (χ1v) is 19.2. The third-order valence-corrected chi connectivity index (χ3v) is 10.9. The SMILES string of the molecule is CC(C)(C)c1ccnc(-n2c3[c-]c(Oc4[c-]c(N5[CH-]N(C(C)(C)C)c6ccccc65)ccc4)ccc3c3ccc4c(c5ccccc5n4-c4ccccc4)c32)c1.[Pt]. The van der Waals surface area contributed by atoms with Crippen LogP contribution in [0.4, 0.5) is 17.1 Å². The number of pyridine rings is 1. The second-order valence-electron chi connectivity index (χ2n) is 16.6. The number of hydrogen-bond donors (Lipinski definition) is 0. The van der Waals surface area contributed by atoms with Crippen molar-refractivity contribution in [3.63, 3.8) is 0 Å². The van der Waals surface area contributed by atoms with Crippen molar-refractivity contribution in [2.24, 2.45) is 0 Å². The van der Waals surface area contributed by atoms with E-state index in [1.807, 2.05) is 24.4 Å². The Kier molecular flexibility index (Phi) is 8.82. The molecule has 57 heavy (non-hydrogen) atoms. The molecule has 0 aliphatic carbocycles. The number of fused-ring (bicyclic) bond motifs is 8. The Morgan fingerprint density at radius 3 is 2.12 bits per heavy atom. The first-order chi connectivity index (χ1) is 27.0. The molecule has 10 rings (SSSR count). The Bertz CT molecular complexity index is 2970. The minimum absolute atomic E-state index is 0. The van der Waals surface area contributed by atoms with Gasteiger partial charge in [-0.1, -0.05) is 80.9 Å². The van der Waals surface area contributed by atoms with Crippen LogP contribution in [0.5, 0.6) is 11.5 Å². The van der Waals surface area contributed by atoms with Gasteiger partial charge in [-0.05, 0) is 85.7 Å².